The number of rotatable bonds is 3. The number of hydrogen-bond acceptors (Lipinski definition) is 5. The molecule has 23 heavy (non-hydrogen) atoms. The summed E-state index contributed by atoms with van der Waals surface area (Å²) in [7, 11) is 0. The summed E-state index contributed by atoms with van der Waals surface area (Å²) in [5.41, 5.74) is 0.0973. The fourth-order valence-corrected chi connectivity index (χ4v) is 3.14. The Morgan fingerprint density at radius 1 is 1.22 bits per heavy atom. The summed E-state index contributed by atoms with van der Waals surface area (Å²) in [6.45, 7) is 5.96. The first-order valence-electron chi connectivity index (χ1n) is 7.94. The summed E-state index contributed by atoms with van der Waals surface area (Å²) in [6, 6.07) is 1.98. The first-order valence-corrected chi connectivity index (χ1v) is 7.94. The molecule has 0 aromatic carbocycles. The molecule has 2 heterocycles. The van der Waals surface area contributed by atoms with E-state index >= 15 is 0 Å². The Morgan fingerprint density at radius 3 is 2.26 bits per heavy atom. The molecule has 7 heteroatoms. The zero-order chi connectivity index (χ0) is 17.0. The fourth-order valence-electron chi connectivity index (χ4n) is 3.14. The number of carboxylic acids is 1. The molecule has 0 aromatic heterocycles. The number of ether oxygens (including phenoxy) is 1. The Morgan fingerprint density at radius 2 is 1.78 bits per heavy atom. The molecule has 0 aromatic rings. The zero-order valence-corrected chi connectivity index (χ0v) is 13.6. The predicted octanol–water partition coefficient (Wildman–Crippen LogP) is 0.826. The zero-order valence-electron chi connectivity index (χ0n) is 13.6. The van der Waals surface area contributed by atoms with Gasteiger partial charge in [-0.25, -0.2) is 0 Å². The van der Waals surface area contributed by atoms with Gasteiger partial charge in [0.1, 0.15) is 11.6 Å². The lowest BCUT2D eigenvalue weighted by molar-refractivity contribution is -0.145. The minimum absolute atomic E-state index is 0.0522. The highest BCUT2D eigenvalue weighted by Crippen LogP contribution is 2.19. The molecule has 2 aliphatic rings. The quantitative estimate of drug-likeness (QED) is 0.611. The van der Waals surface area contributed by atoms with E-state index in [1.165, 1.54) is 0 Å². The number of carbonyl (C=O) groups is 2. The van der Waals surface area contributed by atoms with Gasteiger partial charge in [-0.3, -0.25) is 9.59 Å². The number of nitrogens with zero attached hydrogens (tertiary/aromatic N) is 3. The molecule has 0 spiro atoms. The number of morpholine rings is 1. The number of hydrogen-bond donors (Lipinski definition) is 1. The second kappa shape index (κ2) is 7.47. The van der Waals surface area contributed by atoms with E-state index < -0.39 is 11.9 Å². The van der Waals surface area contributed by atoms with Crippen molar-refractivity contribution in [1.29, 1.82) is 5.26 Å². The Kier molecular flexibility index (Phi) is 5.61. The van der Waals surface area contributed by atoms with Crippen molar-refractivity contribution in [2.75, 3.05) is 26.2 Å². The van der Waals surface area contributed by atoms with Gasteiger partial charge in [-0.1, -0.05) is 0 Å². The largest absolute Gasteiger partial charge is 0.481 e. The van der Waals surface area contributed by atoms with Gasteiger partial charge in [0.25, 0.3) is 5.91 Å². The highest BCUT2D eigenvalue weighted by molar-refractivity contribution is 5.97. The lowest BCUT2D eigenvalue weighted by Gasteiger charge is -2.35. The van der Waals surface area contributed by atoms with Crippen LogP contribution in [0.3, 0.4) is 0 Å². The van der Waals surface area contributed by atoms with Gasteiger partial charge < -0.3 is 19.6 Å². The van der Waals surface area contributed by atoms with Crippen LogP contribution < -0.4 is 0 Å². The lowest BCUT2D eigenvalue weighted by atomic mass is 9.97. The van der Waals surface area contributed by atoms with Gasteiger partial charge in [0.2, 0.25) is 0 Å². The molecule has 126 valence electrons. The van der Waals surface area contributed by atoms with Crippen molar-refractivity contribution in [2.45, 2.75) is 38.9 Å². The number of likely N-dealkylation sites (tertiary alicyclic amines) is 1. The van der Waals surface area contributed by atoms with E-state index in [0.29, 0.717) is 39.0 Å². The first-order chi connectivity index (χ1) is 10.9. The SMILES string of the molecule is CC1CN(/C=C(/C#N)C(=O)N2CCC(C(=O)O)CC2)CC(C)O1. The van der Waals surface area contributed by atoms with E-state index in [2.05, 4.69) is 0 Å². The maximum absolute atomic E-state index is 12.5. The summed E-state index contributed by atoms with van der Waals surface area (Å²) in [5.74, 6) is -1.53. The molecular weight excluding hydrogens is 298 g/mol. The number of carbonyl (C=O) groups excluding carboxylic acids is 1. The molecule has 2 fully saturated rings. The fraction of sp³-hybridized carbons (Fsp3) is 0.688. The topological polar surface area (TPSA) is 93.9 Å². The average Bonchev–Trinajstić information content (AvgIpc) is 2.51. The van der Waals surface area contributed by atoms with Gasteiger partial charge in [0.05, 0.1) is 18.1 Å². The molecule has 0 bridgehead atoms. The Hall–Kier alpha value is -2.07. The van der Waals surface area contributed by atoms with E-state index in [9.17, 15) is 14.9 Å². The van der Waals surface area contributed by atoms with E-state index in [1.54, 1.807) is 11.1 Å². The van der Waals surface area contributed by atoms with Gasteiger partial charge in [0.15, 0.2) is 0 Å². The maximum Gasteiger partial charge on any atom is 0.306 e. The van der Waals surface area contributed by atoms with Gasteiger partial charge in [-0.2, -0.15) is 5.26 Å². The molecule has 2 unspecified atom stereocenters. The molecule has 1 amide bonds. The van der Waals surface area contributed by atoms with E-state index in [1.807, 2.05) is 24.8 Å². The van der Waals surface area contributed by atoms with Crippen LogP contribution in [0.5, 0.6) is 0 Å². The molecule has 2 atom stereocenters. The van der Waals surface area contributed by atoms with Crippen LogP contribution in [-0.2, 0) is 14.3 Å². The maximum atomic E-state index is 12.5. The molecule has 2 saturated heterocycles. The van der Waals surface area contributed by atoms with Gasteiger partial charge in [-0.05, 0) is 26.7 Å². The van der Waals surface area contributed by atoms with Crippen molar-refractivity contribution in [3.63, 3.8) is 0 Å². The Balaban J connectivity index is 2.00. The van der Waals surface area contributed by atoms with Crippen molar-refractivity contribution >= 4 is 11.9 Å². The molecule has 7 nitrogen and oxygen atoms in total. The second-order valence-corrected chi connectivity index (χ2v) is 6.27. The van der Waals surface area contributed by atoms with Crippen molar-refractivity contribution < 1.29 is 19.4 Å². The monoisotopic (exact) mass is 321 g/mol. The van der Waals surface area contributed by atoms with Gasteiger partial charge in [0, 0.05) is 32.4 Å². The third-order valence-electron chi connectivity index (χ3n) is 4.24. The number of nitriles is 1. The molecular formula is C16H23N3O4. The van der Waals surface area contributed by atoms with Crippen molar-refractivity contribution in [2.24, 2.45) is 5.92 Å². The summed E-state index contributed by atoms with van der Waals surface area (Å²) in [5, 5.41) is 18.3. The molecule has 2 rings (SSSR count). The second-order valence-electron chi connectivity index (χ2n) is 6.27. The summed E-state index contributed by atoms with van der Waals surface area (Å²) in [6.07, 6.45) is 2.59. The number of piperidine rings is 1. The van der Waals surface area contributed by atoms with Crippen LogP contribution in [0.2, 0.25) is 0 Å². The smallest absolute Gasteiger partial charge is 0.306 e. The van der Waals surface area contributed by atoms with E-state index in [4.69, 9.17) is 9.84 Å². The summed E-state index contributed by atoms with van der Waals surface area (Å²) < 4.78 is 5.64. The van der Waals surface area contributed by atoms with Crippen LogP contribution in [-0.4, -0.2) is 65.2 Å². The van der Waals surface area contributed by atoms with Crippen molar-refractivity contribution in [3.05, 3.63) is 11.8 Å². The van der Waals surface area contributed by atoms with E-state index in [-0.39, 0.29) is 23.7 Å². The van der Waals surface area contributed by atoms with Gasteiger partial charge in [-0.15, -0.1) is 0 Å². The minimum atomic E-state index is -0.815. The van der Waals surface area contributed by atoms with Crippen LogP contribution in [0.15, 0.2) is 11.8 Å². The lowest BCUT2D eigenvalue weighted by Crippen LogP contribution is -2.44. The number of aliphatic carboxylic acids is 1. The number of amides is 1. The van der Waals surface area contributed by atoms with Crippen LogP contribution in [0.25, 0.3) is 0 Å². The molecule has 0 radical (unpaired) electrons. The molecule has 0 saturated carbocycles. The van der Waals surface area contributed by atoms with E-state index in [0.717, 1.165) is 0 Å². The van der Waals surface area contributed by atoms with Crippen molar-refractivity contribution in [3.8, 4) is 6.07 Å². The Bertz CT molecular complexity index is 522. The summed E-state index contributed by atoms with van der Waals surface area (Å²) in [4.78, 5) is 26.9. The highest BCUT2D eigenvalue weighted by Gasteiger charge is 2.29. The standard InChI is InChI=1S/C16H23N3O4/c1-11-8-18(9-12(2)23-11)10-14(7-17)15(20)19-5-3-13(4-6-19)16(21)22/h10-13H,3-6,8-9H2,1-2H3,(H,21,22)/b14-10-. The highest BCUT2D eigenvalue weighted by atomic mass is 16.5. The predicted molar refractivity (Wildman–Crippen MR) is 82.2 cm³/mol. The summed E-state index contributed by atoms with van der Waals surface area (Å²) >= 11 is 0. The third kappa shape index (κ3) is 4.45. The Labute approximate surface area is 136 Å². The van der Waals surface area contributed by atoms with Crippen LogP contribution >= 0.6 is 0 Å². The normalized spacial score (nSPS) is 26.7. The van der Waals surface area contributed by atoms with Crippen LogP contribution in [0, 0.1) is 17.2 Å². The van der Waals surface area contributed by atoms with Crippen molar-refractivity contribution in [1.82, 2.24) is 9.80 Å². The molecule has 0 aliphatic carbocycles. The van der Waals surface area contributed by atoms with Crippen LogP contribution in [0.1, 0.15) is 26.7 Å². The molecule has 1 N–H and O–H groups in total. The average molecular weight is 321 g/mol. The molecule has 2 aliphatic heterocycles. The number of carboxylic acid groups (broad SMARTS) is 1. The minimum Gasteiger partial charge on any atom is -0.481 e. The van der Waals surface area contributed by atoms with Gasteiger partial charge >= 0.3 is 5.97 Å². The first kappa shape index (κ1) is 17.3. The third-order valence-corrected chi connectivity index (χ3v) is 4.24. The van der Waals surface area contributed by atoms with Crippen LogP contribution in [0.4, 0.5) is 0 Å².